The average Bonchev–Trinajstić information content (AvgIpc) is 2.72. The van der Waals surface area contributed by atoms with Crippen LogP contribution in [0.3, 0.4) is 0 Å². The van der Waals surface area contributed by atoms with E-state index in [9.17, 15) is 0 Å². The number of fused-ring (bicyclic) bond motifs is 1. The zero-order valence-corrected chi connectivity index (χ0v) is 11.6. The molecule has 18 heavy (non-hydrogen) atoms. The summed E-state index contributed by atoms with van der Waals surface area (Å²) in [5.74, 6) is 0.680. The molecule has 0 saturated carbocycles. The first-order chi connectivity index (χ1) is 8.49. The van der Waals surface area contributed by atoms with Gasteiger partial charge in [0.1, 0.15) is 0 Å². The molecule has 2 aromatic rings. The number of hydrogen-bond donors (Lipinski definition) is 2. The van der Waals surface area contributed by atoms with Crippen LogP contribution in [0.2, 0.25) is 0 Å². The van der Waals surface area contributed by atoms with Gasteiger partial charge in [-0.15, -0.1) is 0 Å². The fourth-order valence-electron chi connectivity index (χ4n) is 2.38. The molecule has 98 valence electrons. The molecular formula is C14H22N4. The second-order valence-corrected chi connectivity index (χ2v) is 5.46. The largest absolute Gasteiger partial charge is 0.397 e. The Morgan fingerprint density at radius 1 is 1.33 bits per heavy atom. The van der Waals surface area contributed by atoms with Gasteiger partial charge in [0.25, 0.3) is 0 Å². The summed E-state index contributed by atoms with van der Waals surface area (Å²) in [6.45, 7) is 6.72. The van der Waals surface area contributed by atoms with Crippen molar-refractivity contribution in [2.24, 2.45) is 5.92 Å². The monoisotopic (exact) mass is 246 g/mol. The Hall–Kier alpha value is -1.71. The second-order valence-electron chi connectivity index (χ2n) is 5.46. The Morgan fingerprint density at radius 2 is 2.06 bits per heavy atom. The number of benzene rings is 1. The van der Waals surface area contributed by atoms with E-state index in [1.807, 2.05) is 6.07 Å². The van der Waals surface area contributed by atoms with Crippen LogP contribution in [0.5, 0.6) is 0 Å². The van der Waals surface area contributed by atoms with E-state index >= 15 is 0 Å². The number of nitrogens with two attached hydrogens (primary N) is 1. The molecule has 1 aromatic carbocycles. The van der Waals surface area contributed by atoms with Crippen LogP contribution in [0.25, 0.3) is 10.9 Å². The lowest BCUT2D eigenvalue weighted by atomic mass is 10.0. The van der Waals surface area contributed by atoms with Crippen LogP contribution in [0.1, 0.15) is 27.2 Å². The van der Waals surface area contributed by atoms with Gasteiger partial charge in [0.15, 0.2) is 0 Å². The number of hydrogen-bond acceptors (Lipinski definition) is 3. The number of H-pyrrole nitrogens is 1. The van der Waals surface area contributed by atoms with Crippen LogP contribution in [0, 0.1) is 5.92 Å². The van der Waals surface area contributed by atoms with Crippen LogP contribution in [0.4, 0.5) is 11.4 Å². The van der Waals surface area contributed by atoms with Crippen molar-refractivity contribution >= 4 is 22.3 Å². The number of rotatable bonds is 4. The van der Waals surface area contributed by atoms with Gasteiger partial charge in [0, 0.05) is 18.5 Å². The summed E-state index contributed by atoms with van der Waals surface area (Å²) < 4.78 is 0. The summed E-state index contributed by atoms with van der Waals surface area (Å²) >= 11 is 0. The first-order valence-corrected chi connectivity index (χ1v) is 6.44. The van der Waals surface area contributed by atoms with Crippen molar-refractivity contribution < 1.29 is 0 Å². The van der Waals surface area contributed by atoms with Gasteiger partial charge < -0.3 is 10.6 Å². The maximum absolute atomic E-state index is 6.13. The minimum absolute atomic E-state index is 0.465. The maximum Gasteiger partial charge on any atom is 0.0672 e. The first kappa shape index (κ1) is 12.7. The molecule has 0 aliphatic heterocycles. The van der Waals surface area contributed by atoms with Gasteiger partial charge in [-0.3, -0.25) is 5.10 Å². The van der Waals surface area contributed by atoms with Crippen molar-refractivity contribution in [1.29, 1.82) is 0 Å². The second kappa shape index (κ2) is 4.88. The Morgan fingerprint density at radius 3 is 2.72 bits per heavy atom. The van der Waals surface area contributed by atoms with Crippen LogP contribution >= 0.6 is 0 Å². The summed E-state index contributed by atoms with van der Waals surface area (Å²) in [5.41, 5.74) is 9.04. The van der Waals surface area contributed by atoms with Gasteiger partial charge in [-0.25, -0.2) is 0 Å². The zero-order chi connectivity index (χ0) is 13.3. The molecule has 0 aliphatic rings. The fourth-order valence-corrected chi connectivity index (χ4v) is 2.38. The van der Waals surface area contributed by atoms with E-state index in [2.05, 4.69) is 49.0 Å². The highest BCUT2D eigenvalue weighted by Crippen LogP contribution is 2.29. The van der Waals surface area contributed by atoms with Gasteiger partial charge in [-0.2, -0.15) is 5.10 Å². The molecule has 4 heteroatoms. The summed E-state index contributed by atoms with van der Waals surface area (Å²) in [6.07, 6.45) is 2.95. The van der Waals surface area contributed by atoms with Crippen molar-refractivity contribution in [3.63, 3.8) is 0 Å². The molecule has 1 atom stereocenters. The predicted molar refractivity (Wildman–Crippen MR) is 77.8 cm³/mol. The van der Waals surface area contributed by atoms with E-state index in [0.29, 0.717) is 12.0 Å². The van der Waals surface area contributed by atoms with Crippen molar-refractivity contribution in [3.8, 4) is 0 Å². The van der Waals surface area contributed by atoms with Crippen LogP contribution in [-0.4, -0.2) is 23.3 Å². The molecule has 0 bridgehead atoms. The third-order valence-corrected chi connectivity index (χ3v) is 3.44. The van der Waals surface area contributed by atoms with Crippen LogP contribution in [-0.2, 0) is 0 Å². The topological polar surface area (TPSA) is 57.9 Å². The smallest absolute Gasteiger partial charge is 0.0672 e. The van der Waals surface area contributed by atoms with Crippen molar-refractivity contribution in [2.45, 2.75) is 33.2 Å². The highest BCUT2D eigenvalue weighted by atomic mass is 15.1. The molecule has 1 unspecified atom stereocenters. The third kappa shape index (κ3) is 2.42. The number of anilines is 2. The Balaban J connectivity index is 2.31. The highest BCUT2D eigenvalue weighted by Gasteiger charge is 2.15. The molecule has 0 radical (unpaired) electrons. The number of aromatic nitrogens is 2. The fraction of sp³-hybridized carbons (Fsp3) is 0.500. The quantitative estimate of drug-likeness (QED) is 0.815. The van der Waals surface area contributed by atoms with E-state index in [1.54, 1.807) is 6.20 Å². The summed E-state index contributed by atoms with van der Waals surface area (Å²) in [4.78, 5) is 2.25. The number of aromatic amines is 1. The number of nitrogens with zero attached hydrogens (tertiary/aromatic N) is 2. The van der Waals surface area contributed by atoms with E-state index in [0.717, 1.165) is 28.7 Å². The average molecular weight is 246 g/mol. The Labute approximate surface area is 108 Å². The van der Waals surface area contributed by atoms with Gasteiger partial charge in [0.2, 0.25) is 0 Å². The van der Waals surface area contributed by atoms with Gasteiger partial charge in [-0.05, 0) is 31.4 Å². The normalized spacial score (nSPS) is 13.2. The Kier molecular flexibility index (Phi) is 3.45. The lowest BCUT2D eigenvalue weighted by Gasteiger charge is -2.29. The standard InChI is InChI=1S/C14H22N4/c1-9(2)5-10(3)18(4)14-7-13-11(6-12(14)15)8-16-17-13/h6-10H,5,15H2,1-4H3,(H,16,17). The van der Waals surface area contributed by atoms with Gasteiger partial charge in [0.05, 0.1) is 23.1 Å². The highest BCUT2D eigenvalue weighted by molar-refractivity contribution is 5.88. The molecule has 2 rings (SSSR count). The Bertz CT molecular complexity index is 530. The third-order valence-electron chi connectivity index (χ3n) is 3.44. The van der Waals surface area contributed by atoms with Crippen LogP contribution < -0.4 is 10.6 Å². The summed E-state index contributed by atoms with van der Waals surface area (Å²) in [5, 5.41) is 8.08. The van der Waals surface area contributed by atoms with Crippen molar-refractivity contribution in [1.82, 2.24) is 10.2 Å². The molecule has 0 spiro atoms. The molecular weight excluding hydrogens is 224 g/mol. The zero-order valence-electron chi connectivity index (χ0n) is 11.6. The molecule has 0 fully saturated rings. The summed E-state index contributed by atoms with van der Waals surface area (Å²) in [6, 6.07) is 4.52. The van der Waals surface area contributed by atoms with E-state index in [-0.39, 0.29) is 0 Å². The molecule has 3 N–H and O–H groups in total. The van der Waals surface area contributed by atoms with E-state index in [4.69, 9.17) is 5.73 Å². The minimum atomic E-state index is 0.465. The van der Waals surface area contributed by atoms with E-state index < -0.39 is 0 Å². The summed E-state index contributed by atoms with van der Waals surface area (Å²) in [7, 11) is 2.10. The number of nitrogen functional groups attached to an aromatic ring is 1. The molecule has 0 saturated heterocycles. The molecule has 0 amide bonds. The van der Waals surface area contributed by atoms with Crippen LogP contribution in [0.15, 0.2) is 18.3 Å². The SMILES string of the molecule is CC(C)CC(C)N(C)c1cc2[nH]ncc2cc1N. The lowest BCUT2D eigenvalue weighted by molar-refractivity contribution is 0.504. The molecule has 1 aromatic heterocycles. The van der Waals surface area contributed by atoms with Crippen molar-refractivity contribution in [3.05, 3.63) is 18.3 Å². The molecule has 0 aliphatic carbocycles. The van der Waals surface area contributed by atoms with Gasteiger partial charge >= 0.3 is 0 Å². The van der Waals surface area contributed by atoms with E-state index in [1.165, 1.54) is 0 Å². The van der Waals surface area contributed by atoms with Crippen molar-refractivity contribution in [2.75, 3.05) is 17.7 Å². The first-order valence-electron chi connectivity index (χ1n) is 6.44. The molecule has 1 heterocycles. The number of nitrogens with one attached hydrogen (secondary N) is 1. The predicted octanol–water partition coefficient (Wildman–Crippen LogP) is 3.02. The maximum atomic E-state index is 6.13. The van der Waals surface area contributed by atoms with Gasteiger partial charge in [-0.1, -0.05) is 13.8 Å². The lowest BCUT2D eigenvalue weighted by Crippen LogP contribution is -2.30. The minimum Gasteiger partial charge on any atom is -0.397 e. The molecule has 4 nitrogen and oxygen atoms in total.